The van der Waals surface area contributed by atoms with Crippen molar-refractivity contribution in [3.05, 3.63) is 54.1 Å². The van der Waals surface area contributed by atoms with Crippen LogP contribution in [0.3, 0.4) is 0 Å². The van der Waals surface area contributed by atoms with Crippen molar-refractivity contribution in [3.8, 4) is 11.5 Å². The Labute approximate surface area is 161 Å². The van der Waals surface area contributed by atoms with E-state index in [1.165, 1.54) is 0 Å². The monoisotopic (exact) mass is 371 g/mol. The maximum absolute atomic E-state index is 12.5. The van der Waals surface area contributed by atoms with Gasteiger partial charge in [-0.2, -0.15) is 0 Å². The molecule has 0 aromatic heterocycles. The zero-order valence-electron chi connectivity index (χ0n) is 16.4. The number of rotatable bonds is 11. The van der Waals surface area contributed by atoms with Crippen LogP contribution in [0, 0.1) is 5.92 Å². The average molecular weight is 371 g/mol. The van der Waals surface area contributed by atoms with Gasteiger partial charge in [-0.1, -0.05) is 26.0 Å². The quantitative estimate of drug-likeness (QED) is 0.578. The van der Waals surface area contributed by atoms with Gasteiger partial charge in [-0.25, -0.2) is 0 Å². The summed E-state index contributed by atoms with van der Waals surface area (Å²) in [6.45, 7) is 8.54. The Morgan fingerprint density at radius 1 is 0.963 bits per heavy atom. The maximum atomic E-state index is 12.5. The topological polar surface area (TPSA) is 56.8 Å². The summed E-state index contributed by atoms with van der Waals surface area (Å²) in [5.41, 5.74) is 1.20. The number of para-hydroxylation sites is 2. The molecule has 0 radical (unpaired) electrons. The number of nitrogens with one attached hydrogen (secondary N) is 1. The number of carbonyl (C=O) groups excluding carboxylic acids is 1. The van der Waals surface area contributed by atoms with Gasteiger partial charge in [0.15, 0.2) is 0 Å². The summed E-state index contributed by atoms with van der Waals surface area (Å²) >= 11 is 0. The Hall–Kier alpha value is -2.53. The van der Waals surface area contributed by atoms with Crippen LogP contribution in [0.4, 0.5) is 5.69 Å². The van der Waals surface area contributed by atoms with Gasteiger partial charge < -0.3 is 19.5 Å². The molecule has 0 aliphatic rings. The average Bonchev–Trinajstić information content (AvgIpc) is 2.66. The molecule has 2 aromatic rings. The van der Waals surface area contributed by atoms with Crippen molar-refractivity contribution in [1.29, 1.82) is 0 Å². The van der Waals surface area contributed by atoms with E-state index in [0.717, 1.165) is 12.2 Å². The van der Waals surface area contributed by atoms with Crippen molar-refractivity contribution in [2.75, 3.05) is 31.7 Å². The molecule has 5 heteroatoms. The molecule has 27 heavy (non-hydrogen) atoms. The summed E-state index contributed by atoms with van der Waals surface area (Å²) in [6, 6.07) is 14.5. The van der Waals surface area contributed by atoms with E-state index in [-0.39, 0.29) is 5.91 Å². The van der Waals surface area contributed by atoms with Crippen molar-refractivity contribution in [2.24, 2.45) is 5.92 Å². The predicted octanol–water partition coefficient (Wildman–Crippen LogP) is 4.78. The Morgan fingerprint density at radius 3 is 2.41 bits per heavy atom. The normalized spacial score (nSPS) is 10.7. The first-order valence-corrected chi connectivity index (χ1v) is 9.44. The summed E-state index contributed by atoms with van der Waals surface area (Å²) in [5.74, 6) is 1.81. The van der Waals surface area contributed by atoms with Crippen molar-refractivity contribution >= 4 is 11.6 Å². The standard InChI is InChI=1S/C22H29NO4/c1-4-25-15-16-27-21-8-6-5-7-20(21)23-22(24)18-9-11-19(12-10-18)26-14-13-17(2)3/h5-12,17H,4,13-16H2,1-3H3,(H,23,24). The molecule has 5 nitrogen and oxygen atoms in total. The van der Waals surface area contributed by atoms with Gasteiger partial charge >= 0.3 is 0 Å². The predicted molar refractivity (Wildman–Crippen MR) is 108 cm³/mol. The molecular weight excluding hydrogens is 342 g/mol. The highest BCUT2D eigenvalue weighted by Gasteiger charge is 2.10. The van der Waals surface area contributed by atoms with Gasteiger partial charge in [0.1, 0.15) is 18.1 Å². The minimum atomic E-state index is -0.190. The van der Waals surface area contributed by atoms with Crippen LogP contribution < -0.4 is 14.8 Å². The molecule has 2 rings (SSSR count). The van der Waals surface area contributed by atoms with E-state index in [0.29, 0.717) is 49.3 Å². The Kier molecular flexibility index (Phi) is 8.65. The lowest BCUT2D eigenvalue weighted by Gasteiger charge is -2.13. The van der Waals surface area contributed by atoms with Gasteiger partial charge in [-0.15, -0.1) is 0 Å². The molecule has 146 valence electrons. The number of anilines is 1. The molecule has 0 saturated heterocycles. The number of benzene rings is 2. The Morgan fingerprint density at radius 2 is 1.70 bits per heavy atom. The van der Waals surface area contributed by atoms with Crippen LogP contribution in [0.2, 0.25) is 0 Å². The SMILES string of the molecule is CCOCCOc1ccccc1NC(=O)c1ccc(OCCC(C)C)cc1. The molecule has 0 unspecified atom stereocenters. The van der Waals surface area contributed by atoms with Crippen molar-refractivity contribution in [1.82, 2.24) is 0 Å². The molecule has 0 heterocycles. The van der Waals surface area contributed by atoms with Gasteiger partial charge in [0, 0.05) is 12.2 Å². The number of hydrogen-bond donors (Lipinski definition) is 1. The lowest BCUT2D eigenvalue weighted by Crippen LogP contribution is -2.14. The lowest BCUT2D eigenvalue weighted by molar-refractivity contribution is 0.102. The Balaban J connectivity index is 1.92. The van der Waals surface area contributed by atoms with Gasteiger partial charge in [-0.05, 0) is 55.7 Å². The van der Waals surface area contributed by atoms with Crippen LogP contribution >= 0.6 is 0 Å². The van der Waals surface area contributed by atoms with Gasteiger partial charge in [-0.3, -0.25) is 4.79 Å². The summed E-state index contributed by atoms with van der Waals surface area (Å²) in [4.78, 5) is 12.5. The second kappa shape index (κ2) is 11.2. The largest absolute Gasteiger partial charge is 0.494 e. The molecule has 0 atom stereocenters. The van der Waals surface area contributed by atoms with Crippen LogP contribution in [0.1, 0.15) is 37.6 Å². The van der Waals surface area contributed by atoms with E-state index < -0.39 is 0 Å². The fourth-order valence-electron chi connectivity index (χ4n) is 2.36. The van der Waals surface area contributed by atoms with Crippen molar-refractivity contribution in [3.63, 3.8) is 0 Å². The summed E-state index contributed by atoms with van der Waals surface area (Å²) < 4.78 is 16.7. The van der Waals surface area contributed by atoms with Crippen molar-refractivity contribution < 1.29 is 19.0 Å². The minimum absolute atomic E-state index is 0.190. The molecule has 1 amide bonds. The van der Waals surface area contributed by atoms with E-state index in [4.69, 9.17) is 14.2 Å². The fraction of sp³-hybridized carbons (Fsp3) is 0.409. The van der Waals surface area contributed by atoms with Gasteiger partial charge in [0.05, 0.1) is 18.9 Å². The molecular formula is C22H29NO4. The first-order chi connectivity index (χ1) is 13.1. The van der Waals surface area contributed by atoms with Crippen molar-refractivity contribution in [2.45, 2.75) is 27.2 Å². The zero-order valence-corrected chi connectivity index (χ0v) is 16.4. The number of carbonyl (C=O) groups is 1. The first kappa shape index (κ1) is 20.8. The van der Waals surface area contributed by atoms with Gasteiger partial charge in [0.25, 0.3) is 5.91 Å². The Bertz CT molecular complexity index is 698. The molecule has 2 aromatic carbocycles. The van der Waals surface area contributed by atoms with E-state index in [1.54, 1.807) is 12.1 Å². The third kappa shape index (κ3) is 7.31. The summed E-state index contributed by atoms with van der Waals surface area (Å²) in [5, 5.41) is 2.90. The molecule has 0 fully saturated rings. The smallest absolute Gasteiger partial charge is 0.255 e. The second-order valence-electron chi connectivity index (χ2n) is 6.55. The summed E-state index contributed by atoms with van der Waals surface area (Å²) in [6.07, 6.45) is 1.00. The molecule has 1 N–H and O–H groups in total. The maximum Gasteiger partial charge on any atom is 0.255 e. The molecule has 0 bridgehead atoms. The molecule has 0 saturated carbocycles. The third-order valence-corrected chi connectivity index (χ3v) is 3.91. The van der Waals surface area contributed by atoms with Gasteiger partial charge in [0.2, 0.25) is 0 Å². The van der Waals surface area contributed by atoms with Crippen LogP contribution in [0.15, 0.2) is 48.5 Å². The summed E-state index contributed by atoms with van der Waals surface area (Å²) in [7, 11) is 0. The number of ether oxygens (including phenoxy) is 3. The highest BCUT2D eigenvalue weighted by atomic mass is 16.5. The first-order valence-electron chi connectivity index (χ1n) is 9.44. The van der Waals surface area contributed by atoms with Crippen LogP contribution in [0.25, 0.3) is 0 Å². The zero-order chi connectivity index (χ0) is 19.5. The second-order valence-corrected chi connectivity index (χ2v) is 6.55. The lowest BCUT2D eigenvalue weighted by atomic mass is 10.1. The number of hydrogen-bond acceptors (Lipinski definition) is 4. The van der Waals surface area contributed by atoms with E-state index >= 15 is 0 Å². The number of amides is 1. The highest BCUT2D eigenvalue weighted by molar-refractivity contribution is 6.05. The van der Waals surface area contributed by atoms with Crippen LogP contribution in [0.5, 0.6) is 11.5 Å². The molecule has 0 aliphatic carbocycles. The van der Waals surface area contributed by atoms with E-state index in [2.05, 4.69) is 19.2 Å². The highest BCUT2D eigenvalue weighted by Crippen LogP contribution is 2.24. The third-order valence-electron chi connectivity index (χ3n) is 3.91. The molecule has 0 aliphatic heterocycles. The molecule has 0 spiro atoms. The van der Waals surface area contributed by atoms with E-state index in [1.807, 2.05) is 43.3 Å². The van der Waals surface area contributed by atoms with E-state index in [9.17, 15) is 4.79 Å². The minimum Gasteiger partial charge on any atom is -0.494 e. The fourth-order valence-corrected chi connectivity index (χ4v) is 2.36. The van der Waals surface area contributed by atoms with Crippen LogP contribution in [-0.4, -0.2) is 32.3 Å². The van der Waals surface area contributed by atoms with Crippen LogP contribution in [-0.2, 0) is 4.74 Å².